The number of carbonyl (C=O) groups is 2. The van der Waals surface area contributed by atoms with Crippen LogP contribution in [0.3, 0.4) is 0 Å². The highest BCUT2D eigenvalue weighted by molar-refractivity contribution is 7.14. The van der Waals surface area contributed by atoms with E-state index in [0.29, 0.717) is 4.88 Å². The van der Waals surface area contributed by atoms with Gasteiger partial charge < -0.3 is 10.4 Å². The summed E-state index contributed by atoms with van der Waals surface area (Å²) in [4.78, 5) is 24.0. The van der Waals surface area contributed by atoms with E-state index in [-0.39, 0.29) is 5.91 Å². The van der Waals surface area contributed by atoms with Crippen LogP contribution in [0, 0.1) is 6.92 Å². The topological polar surface area (TPSA) is 66.4 Å². The number of carboxylic acid groups (broad SMARTS) is 1. The average molecular weight is 241 g/mol. The maximum Gasteiger partial charge on any atom is 0.325 e. The lowest BCUT2D eigenvalue weighted by Crippen LogP contribution is -2.37. The molecule has 1 amide bonds. The zero-order chi connectivity index (χ0) is 12.3. The summed E-state index contributed by atoms with van der Waals surface area (Å²) in [6.45, 7) is 5.43. The Kier molecular flexibility index (Phi) is 4.06. The van der Waals surface area contributed by atoms with Crippen molar-refractivity contribution < 1.29 is 14.7 Å². The van der Waals surface area contributed by atoms with Crippen LogP contribution in [0.1, 0.15) is 34.0 Å². The first kappa shape index (κ1) is 12.7. The third-order valence-electron chi connectivity index (χ3n) is 2.28. The summed E-state index contributed by atoms with van der Waals surface area (Å²) in [5, 5.41) is 11.1. The standard InChI is InChI=1S/C11H15NO3S/c1-4-8-6(2)5-9(16-8)10(13)12-7(3)11(14)15/h5,7H,4H2,1-3H3,(H,12,13)(H,14,15)/t7-/m1/s1. The molecule has 0 aliphatic carbocycles. The van der Waals surface area contributed by atoms with Gasteiger partial charge in [-0.3, -0.25) is 9.59 Å². The van der Waals surface area contributed by atoms with Crippen LogP contribution in [-0.4, -0.2) is 23.0 Å². The highest BCUT2D eigenvalue weighted by atomic mass is 32.1. The van der Waals surface area contributed by atoms with Gasteiger partial charge in [-0.15, -0.1) is 11.3 Å². The minimum atomic E-state index is -1.03. The SMILES string of the molecule is CCc1sc(C(=O)N[C@H](C)C(=O)O)cc1C. The molecule has 0 aromatic carbocycles. The molecule has 2 N–H and O–H groups in total. The highest BCUT2D eigenvalue weighted by Gasteiger charge is 2.17. The lowest BCUT2D eigenvalue weighted by Gasteiger charge is -2.07. The van der Waals surface area contributed by atoms with Gasteiger partial charge in [0.05, 0.1) is 4.88 Å². The van der Waals surface area contributed by atoms with Crippen LogP contribution in [-0.2, 0) is 11.2 Å². The van der Waals surface area contributed by atoms with E-state index in [1.165, 1.54) is 18.3 Å². The fourth-order valence-corrected chi connectivity index (χ4v) is 2.33. The molecule has 1 heterocycles. The average Bonchev–Trinajstić information content (AvgIpc) is 2.59. The van der Waals surface area contributed by atoms with Crippen molar-refractivity contribution in [2.24, 2.45) is 0 Å². The van der Waals surface area contributed by atoms with Crippen LogP contribution in [0.5, 0.6) is 0 Å². The Balaban J connectivity index is 2.77. The van der Waals surface area contributed by atoms with Crippen LogP contribution in [0.25, 0.3) is 0 Å². The lowest BCUT2D eigenvalue weighted by atomic mass is 10.2. The number of carbonyl (C=O) groups excluding carboxylic acids is 1. The molecule has 0 fully saturated rings. The molecule has 1 atom stereocenters. The summed E-state index contributed by atoms with van der Waals surface area (Å²) in [6, 6.07) is 0.938. The number of aliphatic carboxylic acids is 1. The van der Waals surface area contributed by atoms with E-state index in [9.17, 15) is 9.59 Å². The fourth-order valence-electron chi connectivity index (χ4n) is 1.31. The molecule has 5 heteroatoms. The molecule has 0 saturated heterocycles. The molecular formula is C11H15NO3S. The Hall–Kier alpha value is -1.36. The number of rotatable bonds is 4. The molecule has 16 heavy (non-hydrogen) atoms. The van der Waals surface area contributed by atoms with Crippen molar-refractivity contribution >= 4 is 23.2 Å². The van der Waals surface area contributed by atoms with Gasteiger partial charge in [0.25, 0.3) is 5.91 Å². The monoisotopic (exact) mass is 241 g/mol. The number of aryl methyl sites for hydroxylation is 2. The number of amides is 1. The van der Waals surface area contributed by atoms with Crippen LogP contribution in [0.2, 0.25) is 0 Å². The summed E-state index contributed by atoms with van der Waals surface area (Å²) in [5.74, 6) is -1.35. The summed E-state index contributed by atoms with van der Waals surface area (Å²) >= 11 is 1.42. The van der Waals surface area contributed by atoms with Crippen molar-refractivity contribution in [1.82, 2.24) is 5.32 Å². The first-order valence-corrected chi connectivity index (χ1v) is 5.90. The number of carboxylic acids is 1. The summed E-state index contributed by atoms with van der Waals surface area (Å²) in [5.41, 5.74) is 1.08. The molecule has 0 spiro atoms. The van der Waals surface area contributed by atoms with Gasteiger partial charge in [0.2, 0.25) is 0 Å². The zero-order valence-corrected chi connectivity index (χ0v) is 10.4. The van der Waals surface area contributed by atoms with E-state index in [2.05, 4.69) is 5.32 Å². The molecular weight excluding hydrogens is 226 g/mol. The minimum Gasteiger partial charge on any atom is -0.480 e. The largest absolute Gasteiger partial charge is 0.480 e. The van der Waals surface area contributed by atoms with E-state index >= 15 is 0 Å². The summed E-state index contributed by atoms with van der Waals surface area (Å²) < 4.78 is 0. The molecule has 4 nitrogen and oxygen atoms in total. The van der Waals surface area contributed by atoms with Gasteiger partial charge in [0.15, 0.2) is 0 Å². The summed E-state index contributed by atoms with van der Waals surface area (Å²) in [6.07, 6.45) is 0.887. The highest BCUT2D eigenvalue weighted by Crippen LogP contribution is 2.22. The molecule has 0 aliphatic heterocycles. The number of thiophene rings is 1. The normalized spacial score (nSPS) is 12.2. The Morgan fingerprint density at radius 2 is 2.19 bits per heavy atom. The first-order chi connectivity index (χ1) is 7.45. The van der Waals surface area contributed by atoms with Crippen molar-refractivity contribution in [3.63, 3.8) is 0 Å². The Morgan fingerprint density at radius 1 is 1.56 bits per heavy atom. The van der Waals surface area contributed by atoms with Crippen LogP contribution >= 0.6 is 11.3 Å². The second kappa shape index (κ2) is 5.12. The molecule has 1 aromatic rings. The van der Waals surface area contributed by atoms with Gasteiger partial charge in [-0.1, -0.05) is 6.92 Å². The second-order valence-corrected chi connectivity index (χ2v) is 4.74. The third-order valence-corrected chi connectivity index (χ3v) is 3.66. The van der Waals surface area contributed by atoms with Gasteiger partial charge in [-0.05, 0) is 31.9 Å². The zero-order valence-electron chi connectivity index (χ0n) is 9.53. The molecule has 0 aliphatic rings. The van der Waals surface area contributed by atoms with Crippen molar-refractivity contribution in [2.75, 3.05) is 0 Å². The Labute approximate surface area is 98.3 Å². The maximum absolute atomic E-state index is 11.7. The number of nitrogens with one attached hydrogen (secondary N) is 1. The van der Waals surface area contributed by atoms with Gasteiger partial charge in [0, 0.05) is 4.88 Å². The molecule has 88 valence electrons. The fraction of sp³-hybridized carbons (Fsp3) is 0.455. The smallest absolute Gasteiger partial charge is 0.325 e. The van der Waals surface area contributed by atoms with E-state index in [1.807, 2.05) is 13.8 Å². The molecule has 0 saturated carbocycles. The quantitative estimate of drug-likeness (QED) is 0.845. The van der Waals surface area contributed by atoms with E-state index < -0.39 is 12.0 Å². The number of hydrogen-bond donors (Lipinski definition) is 2. The minimum absolute atomic E-state index is 0.317. The summed E-state index contributed by atoms with van der Waals surface area (Å²) in [7, 11) is 0. The second-order valence-electron chi connectivity index (χ2n) is 3.60. The van der Waals surface area contributed by atoms with Crippen LogP contribution in [0.4, 0.5) is 0 Å². The first-order valence-electron chi connectivity index (χ1n) is 5.08. The van der Waals surface area contributed by atoms with Gasteiger partial charge >= 0.3 is 5.97 Å². The lowest BCUT2D eigenvalue weighted by molar-refractivity contribution is -0.138. The van der Waals surface area contributed by atoms with E-state index in [4.69, 9.17) is 5.11 Å². The molecule has 0 radical (unpaired) electrons. The van der Waals surface area contributed by atoms with Crippen LogP contribution < -0.4 is 5.32 Å². The van der Waals surface area contributed by atoms with E-state index in [1.54, 1.807) is 6.07 Å². The van der Waals surface area contributed by atoms with Crippen molar-refractivity contribution in [2.45, 2.75) is 33.2 Å². The molecule has 0 bridgehead atoms. The third kappa shape index (κ3) is 2.82. The number of hydrogen-bond acceptors (Lipinski definition) is 3. The predicted octanol–water partition coefficient (Wildman–Crippen LogP) is 1.82. The van der Waals surface area contributed by atoms with Gasteiger partial charge in [-0.25, -0.2) is 0 Å². The van der Waals surface area contributed by atoms with Crippen molar-refractivity contribution in [1.29, 1.82) is 0 Å². The van der Waals surface area contributed by atoms with Gasteiger partial charge in [0.1, 0.15) is 6.04 Å². The Morgan fingerprint density at radius 3 is 2.62 bits per heavy atom. The van der Waals surface area contributed by atoms with Crippen molar-refractivity contribution in [3.05, 3.63) is 21.4 Å². The maximum atomic E-state index is 11.7. The van der Waals surface area contributed by atoms with E-state index in [0.717, 1.165) is 16.9 Å². The van der Waals surface area contributed by atoms with Crippen molar-refractivity contribution in [3.8, 4) is 0 Å². The van der Waals surface area contributed by atoms with Crippen LogP contribution in [0.15, 0.2) is 6.07 Å². The molecule has 0 unspecified atom stereocenters. The predicted molar refractivity (Wildman–Crippen MR) is 63.0 cm³/mol. The molecule has 1 rings (SSSR count). The van der Waals surface area contributed by atoms with Gasteiger partial charge in [-0.2, -0.15) is 0 Å². The Bertz CT molecular complexity index is 411. The molecule has 1 aromatic heterocycles.